The maximum absolute atomic E-state index is 11.9. The highest BCUT2D eigenvalue weighted by Gasteiger charge is 2.10. The zero-order valence-electron chi connectivity index (χ0n) is 9.18. The van der Waals surface area contributed by atoms with E-state index in [1.165, 1.54) is 0 Å². The number of carbonyl (C=O) groups excluding carboxylic acids is 1. The third-order valence-corrected chi connectivity index (χ3v) is 2.45. The lowest BCUT2D eigenvalue weighted by Crippen LogP contribution is -2.39. The van der Waals surface area contributed by atoms with E-state index in [0.29, 0.717) is 12.1 Å². The standard InChI is InChI=1S/C13H14N2O/c1-11-7-3-4-8-12(11)13(16)14-15-9-5-2-6-10-15/h2-9H,10H2,1H3,(H,14,16). The van der Waals surface area contributed by atoms with Crippen LogP contribution in [0.2, 0.25) is 0 Å². The summed E-state index contributed by atoms with van der Waals surface area (Å²) >= 11 is 0. The smallest absolute Gasteiger partial charge is 0.270 e. The van der Waals surface area contributed by atoms with E-state index in [2.05, 4.69) is 5.43 Å². The van der Waals surface area contributed by atoms with Crippen LogP contribution in [0.4, 0.5) is 0 Å². The molecular formula is C13H14N2O. The summed E-state index contributed by atoms with van der Waals surface area (Å²) in [5.74, 6) is -0.0712. The first-order valence-corrected chi connectivity index (χ1v) is 5.24. The lowest BCUT2D eigenvalue weighted by molar-refractivity contribution is 0.0860. The Morgan fingerprint density at radius 2 is 2.12 bits per heavy atom. The number of amides is 1. The van der Waals surface area contributed by atoms with Crippen molar-refractivity contribution in [1.29, 1.82) is 0 Å². The van der Waals surface area contributed by atoms with Crippen LogP contribution in [0.15, 0.2) is 48.7 Å². The largest absolute Gasteiger partial charge is 0.289 e. The molecule has 0 saturated heterocycles. The summed E-state index contributed by atoms with van der Waals surface area (Å²) in [6.07, 6.45) is 7.67. The molecule has 3 nitrogen and oxygen atoms in total. The van der Waals surface area contributed by atoms with Gasteiger partial charge in [-0.2, -0.15) is 0 Å². The van der Waals surface area contributed by atoms with Crippen LogP contribution in [0.25, 0.3) is 0 Å². The third kappa shape index (κ3) is 2.31. The Balaban J connectivity index is 2.06. The summed E-state index contributed by atoms with van der Waals surface area (Å²) in [6.45, 7) is 2.63. The second-order valence-electron chi connectivity index (χ2n) is 3.68. The molecule has 0 unspecified atom stereocenters. The van der Waals surface area contributed by atoms with Crippen LogP contribution in [0.3, 0.4) is 0 Å². The van der Waals surface area contributed by atoms with E-state index in [1.807, 2.05) is 55.6 Å². The third-order valence-electron chi connectivity index (χ3n) is 2.45. The molecule has 1 aliphatic rings. The van der Waals surface area contributed by atoms with Gasteiger partial charge in [0, 0.05) is 11.8 Å². The van der Waals surface area contributed by atoms with Crippen molar-refractivity contribution in [2.24, 2.45) is 0 Å². The lowest BCUT2D eigenvalue weighted by Gasteiger charge is -2.21. The average Bonchev–Trinajstić information content (AvgIpc) is 2.31. The Hall–Kier alpha value is -2.03. The van der Waals surface area contributed by atoms with E-state index in [9.17, 15) is 4.79 Å². The fraction of sp³-hybridized carbons (Fsp3) is 0.154. The molecule has 1 aliphatic heterocycles. The van der Waals surface area contributed by atoms with Crippen LogP contribution < -0.4 is 5.43 Å². The van der Waals surface area contributed by atoms with E-state index in [-0.39, 0.29) is 5.91 Å². The van der Waals surface area contributed by atoms with Crippen LogP contribution in [-0.2, 0) is 0 Å². The first kappa shape index (κ1) is 10.5. The van der Waals surface area contributed by atoms with Crippen LogP contribution in [0.5, 0.6) is 0 Å². The first-order chi connectivity index (χ1) is 7.77. The Kier molecular flexibility index (Phi) is 3.05. The summed E-state index contributed by atoms with van der Waals surface area (Å²) in [7, 11) is 0. The van der Waals surface area contributed by atoms with Crippen molar-refractivity contribution < 1.29 is 4.79 Å². The molecule has 0 atom stereocenters. The van der Waals surface area contributed by atoms with Crippen molar-refractivity contribution in [1.82, 2.24) is 10.4 Å². The van der Waals surface area contributed by atoms with Gasteiger partial charge in [0.1, 0.15) is 0 Å². The van der Waals surface area contributed by atoms with Crippen LogP contribution in [0, 0.1) is 6.92 Å². The molecule has 82 valence electrons. The summed E-state index contributed by atoms with van der Waals surface area (Å²) < 4.78 is 0. The van der Waals surface area contributed by atoms with Crippen molar-refractivity contribution in [3.8, 4) is 0 Å². The number of carbonyl (C=O) groups is 1. The number of benzene rings is 1. The first-order valence-electron chi connectivity index (χ1n) is 5.24. The zero-order valence-corrected chi connectivity index (χ0v) is 9.18. The number of nitrogens with one attached hydrogen (secondary N) is 1. The number of hydrogen-bond acceptors (Lipinski definition) is 2. The second-order valence-corrected chi connectivity index (χ2v) is 3.68. The minimum Gasteiger partial charge on any atom is -0.289 e. The molecule has 1 heterocycles. The normalized spacial score (nSPS) is 13.9. The Morgan fingerprint density at radius 3 is 2.81 bits per heavy atom. The molecule has 1 aromatic carbocycles. The van der Waals surface area contributed by atoms with Crippen molar-refractivity contribution in [2.45, 2.75) is 6.92 Å². The van der Waals surface area contributed by atoms with Gasteiger partial charge in [-0.05, 0) is 24.6 Å². The molecule has 16 heavy (non-hydrogen) atoms. The van der Waals surface area contributed by atoms with Gasteiger partial charge in [0.15, 0.2) is 0 Å². The Morgan fingerprint density at radius 1 is 1.31 bits per heavy atom. The molecule has 2 rings (SSSR count). The predicted octanol–water partition coefficient (Wildman–Crippen LogP) is 2.03. The van der Waals surface area contributed by atoms with Crippen molar-refractivity contribution in [2.75, 3.05) is 6.54 Å². The highest BCUT2D eigenvalue weighted by Crippen LogP contribution is 2.07. The molecule has 3 heteroatoms. The van der Waals surface area contributed by atoms with Gasteiger partial charge in [-0.25, -0.2) is 0 Å². The summed E-state index contributed by atoms with van der Waals surface area (Å²) in [4.78, 5) is 11.9. The number of hydrogen-bond donors (Lipinski definition) is 1. The van der Waals surface area contributed by atoms with Crippen LogP contribution in [0.1, 0.15) is 15.9 Å². The van der Waals surface area contributed by atoms with Crippen molar-refractivity contribution in [3.05, 3.63) is 59.8 Å². The van der Waals surface area contributed by atoms with E-state index in [4.69, 9.17) is 0 Å². The summed E-state index contributed by atoms with van der Waals surface area (Å²) in [5.41, 5.74) is 4.53. The Labute approximate surface area is 95.0 Å². The Bertz CT molecular complexity index is 449. The highest BCUT2D eigenvalue weighted by atomic mass is 16.2. The van der Waals surface area contributed by atoms with Gasteiger partial charge in [0.2, 0.25) is 0 Å². The lowest BCUT2D eigenvalue weighted by atomic mass is 10.1. The quantitative estimate of drug-likeness (QED) is 0.817. The molecule has 0 spiro atoms. The van der Waals surface area contributed by atoms with Crippen molar-refractivity contribution in [3.63, 3.8) is 0 Å². The SMILES string of the molecule is Cc1ccccc1C(=O)NN1C=CC=CC1. The average molecular weight is 214 g/mol. The van der Waals surface area contributed by atoms with Gasteiger partial charge < -0.3 is 0 Å². The van der Waals surface area contributed by atoms with Gasteiger partial charge in [0.05, 0.1) is 6.54 Å². The molecule has 0 fully saturated rings. The topological polar surface area (TPSA) is 32.3 Å². The highest BCUT2D eigenvalue weighted by molar-refractivity contribution is 5.95. The van der Waals surface area contributed by atoms with Crippen LogP contribution >= 0.6 is 0 Å². The predicted molar refractivity (Wildman–Crippen MR) is 63.6 cm³/mol. The fourth-order valence-corrected chi connectivity index (χ4v) is 1.57. The minimum atomic E-state index is -0.0712. The van der Waals surface area contributed by atoms with Gasteiger partial charge in [-0.3, -0.25) is 15.2 Å². The summed E-state index contributed by atoms with van der Waals surface area (Å²) in [6, 6.07) is 7.55. The van der Waals surface area contributed by atoms with Gasteiger partial charge >= 0.3 is 0 Å². The fourth-order valence-electron chi connectivity index (χ4n) is 1.57. The van der Waals surface area contributed by atoms with Gasteiger partial charge in [-0.15, -0.1) is 0 Å². The maximum atomic E-state index is 11.9. The molecule has 0 aliphatic carbocycles. The molecule has 0 radical (unpaired) electrons. The van der Waals surface area contributed by atoms with E-state index >= 15 is 0 Å². The monoisotopic (exact) mass is 214 g/mol. The zero-order chi connectivity index (χ0) is 11.4. The van der Waals surface area contributed by atoms with E-state index in [1.54, 1.807) is 5.01 Å². The number of nitrogens with zero attached hydrogens (tertiary/aromatic N) is 1. The molecule has 1 aromatic rings. The van der Waals surface area contributed by atoms with Gasteiger partial charge in [-0.1, -0.05) is 30.4 Å². The van der Waals surface area contributed by atoms with Gasteiger partial charge in [0.25, 0.3) is 5.91 Å². The molecule has 1 N–H and O–H groups in total. The number of rotatable bonds is 2. The molecule has 1 amide bonds. The number of hydrazine groups is 1. The number of aryl methyl sites for hydroxylation is 1. The molecular weight excluding hydrogens is 200 g/mol. The molecule has 0 aromatic heterocycles. The van der Waals surface area contributed by atoms with E-state index < -0.39 is 0 Å². The number of allylic oxidation sites excluding steroid dienone is 2. The molecule has 0 bridgehead atoms. The van der Waals surface area contributed by atoms with E-state index in [0.717, 1.165) is 5.56 Å². The maximum Gasteiger partial charge on any atom is 0.270 e. The van der Waals surface area contributed by atoms with Crippen LogP contribution in [-0.4, -0.2) is 17.5 Å². The second kappa shape index (κ2) is 4.66. The van der Waals surface area contributed by atoms with Crippen molar-refractivity contribution >= 4 is 5.91 Å². The summed E-state index contributed by atoms with van der Waals surface area (Å²) in [5, 5.41) is 1.76. The minimum absolute atomic E-state index is 0.0712. The molecule has 0 saturated carbocycles.